The number of carbonyl (C=O) groups is 1. The summed E-state index contributed by atoms with van der Waals surface area (Å²) in [5, 5.41) is 2.85. The first-order valence-corrected chi connectivity index (χ1v) is 6.21. The van der Waals surface area contributed by atoms with Crippen molar-refractivity contribution in [1.82, 2.24) is 5.32 Å². The third-order valence-corrected chi connectivity index (χ3v) is 3.43. The highest BCUT2D eigenvalue weighted by Gasteiger charge is 2.25. The molecule has 1 atom stereocenters. The van der Waals surface area contributed by atoms with Gasteiger partial charge in [0.25, 0.3) is 0 Å². The van der Waals surface area contributed by atoms with Crippen molar-refractivity contribution in [2.24, 2.45) is 0 Å². The molecule has 1 aromatic rings. The quantitative estimate of drug-likeness (QED) is 0.886. The minimum absolute atomic E-state index is 0.109. The number of methoxy groups -OCH3 is 2. The minimum atomic E-state index is 0.109. The van der Waals surface area contributed by atoms with Gasteiger partial charge in [-0.3, -0.25) is 4.79 Å². The Morgan fingerprint density at radius 2 is 1.89 bits per heavy atom. The molecule has 0 spiro atoms. The van der Waals surface area contributed by atoms with E-state index >= 15 is 0 Å². The molecule has 1 heterocycles. The lowest BCUT2D eigenvalue weighted by atomic mass is 9.95. The van der Waals surface area contributed by atoms with Gasteiger partial charge >= 0.3 is 0 Å². The number of rotatable bonds is 4. The fourth-order valence-electron chi connectivity index (χ4n) is 2.43. The van der Waals surface area contributed by atoms with Crippen molar-refractivity contribution >= 4 is 5.91 Å². The molecule has 18 heavy (non-hydrogen) atoms. The van der Waals surface area contributed by atoms with Crippen LogP contribution in [0.1, 0.15) is 30.4 Å². The number of benzene rings is 1. The first kappa shape index (κ1) is 12.7. The number of amides is 1. The van der Waals surface area contributed by atoms with Crippen molar-refractivity contribution in [3.63, 3.8) is 0 Å². The maximum atomic E-state index is 11.3. The van der Waals surface area contributed by atoms with Crippen molar-refractivity contribution < 1.29 is 14.3 Å². The third kappa shape index (κ3) is 2.28. The normalized spacial score (nSPS) is 18.6. The summed E-state index contributed by atoms with van der Waals surface area (Å²) in [6.45, 7) is 2.76. The lowest BCUT2D eigenvalue weighted by Gasteiger charge is -2.16. The molecule has 2 rings (SSSR count). The fraction of sp³-hybridized carbons (Fsp3) is 0.500. The Kier molecular flexibility index (Phi) is 3.75. The van der Waals surface area contributed by atoms with Crippen molar-refractivity contribution in [2.75, 3.05) is 20.8 Å². The van der Waals surface area contributed by atoms with Crippen LogP contribution in [0.25, 0.3) is 0 Å². The molecular formula is C14H19NO3. The fourth-order valence-corrected chi connectivity index (χ4v) is 2.43. The molecule has 0 saturated carbocycles. The van der Waals surface area contributed by atoms with Crippen LogP contribution in [-0.4, -0.2) is 26.7 Å². The molecule has 1 aromatic carbocycles. The summed E-state index contributed by atoms with van der Waals surface area (Å²) in [7, 11) is 3.32. The zero-order chi connectivity index (χ0) is 13.1. The molecule has 1 amide bonds. The molecule has 0 radical (unpaired) electrons. The average Bonchev–Trinajstić information content (AvgIpc) is 2.83. The van der Waals surface area contributed by atoms with Crippen LogP contribution in [0.15, 0.2) is 12.1 Å². The molecule has 1 N–H and O–H groups in total. The Morgan fingerprint density at radius 1 is 1.28 bits per heavy atom. The van der Waals surface area contributed by atoms with Crippen LogP contribution < -0.4 is 14.8 Å². The van der Waals surface area contributed by atoms with Gasteiger partial charge < -0.3 is 14.8 Å². The summed E-state index contributed by atoms with van der Waals surface area (Å²) >= 11 is 0. The predicted octanol–water partition coefficient (Wildman–Crippen LogP) is 1.87. The Labute approximate surface area is 107 Å². The van der Waals surface area contributed by atoms with Crippen molar-refractivity contribution in [2.45, 2.75) is 25.7 Å². The summed E-state index contributed by atoms with van der Waals surface area (Å²) in [5.41, 5.74) is 2.17. The Balaban J connectivity index is 2.40. The van der Waals surface area contributed by atoms with Crippen LogP contribution in [0.4, 0.5) is 0 Å². The second-order valence-electron chi connectivity index (χ2n) is 4.46. The lowest BCUT2D eigenvalue weighted by molar-refractivity contribution is -0.119. The average molecular weight is 249 g/mol. The number of hydrogen-bond acceptors (Lipinski definition) is 3. The lowest BCUT2D eigenvalue weighted by Crippen LogP contribution is -2.13. The SMILES string of the molecule is CCc1c(OC)cc(C2CNC(=O)C2)cc1OC. The van der Waals surface area contributed by atoms with Crippen LogP contribution in [0.2, 0.25) is 0 Å². The van der Waals surface area contributed by atoms with Crippen LogP contribution in [0.3, 0.4) is 0 Å². The molecule has 98 valence electrons. The molecule has 1 aliphatic heterocycles. The number of ether oxygens (including phenoxy) is 2. The first-order chi connectivity index (χ1) is 8.69. The van der Waals surface area contributed by atoms with Gasteiger partial charge in [-0.15, -0.1) is 0 Å². The zero-order valence-corrected chi connectivity index (χ0v) is 11.1. The number of hydrogen-bond donors (Lipinski definition) is 1. The van der Waals surface area contributed by atoms with E-state index < -0.39 is 0 Å². The van der Waals surface area contributed by atoms with E-state index in [1.807, 2.05) is 12.1 Å². The van der Waals surface area contributed by atoms with Crippen LogP contribution in [-0.2, 0) is 11.2 Å². The van der Waals surface area contributed by atoms with E-state index in [4.69, 9.17) is 9.47 Å². The molecule has 1 unspecified atom stereocenters. The smallest absolute Gasteiger partial charge is 0.220 e. The summed E-state index contributed by atoms with van der Waals surface area (Å²) < 4.78 is 10.8. The monoisotopic (exact) mass is 249 g/mol. The molecule has 0 bridgehead atoms. The first-order valence-electron chi connectivity index (χ1n) is 6.21. The van der Waals surface area contributed by atoms with E-state index in [9.17, 15) is 4.79 Å². The van der Waals surface area contributed by atoms with Gasteiger partial charge in [0.2, 0.25) is 5.91 Å². The molecule has 4 nitrogen and oxygen atoms in total. The van der Waals surface area contributed by atoms with Crippen molar-refractivity contribution in [1.29, 1.82) is 0 Å². The molecular weight excluding hydrogens is 230 g/mol. The molecule has 0 aliphatic carbocycles. The summed E-state index contributed by atoms with van der Waals surface area (Å²) in [5.74, 6) is 2.00. The van der Waals surface area contributed by atoms with E-state index in [0.29, 0.717) is 13.0 Å². The van der Waals surface area contributed by atoms with Gasteiger partial charge in [-0.25, -0.2) is 0 Å². The molecule has 4 heteroatoms. The second kappa shape index (κ2) is 5.29. The zero-order valence-electron chi connectivity index (χ0n) is 11.1. The predicted molar refractivity (Wildman–Crippen MR) is 69.3 cm³/mol. The van der Waals surface area contributed by atoms with E-state index in [0.717, 1.165) is 29.0 Å². The van der Waals surface area contributed by atoms with Crippen LogP contribution in [0, 0.1) is 0 Å². The Bertz CT molecular complexity index is 431. The minimum Gasteiger partial charge on any atom is -0.496 e. The van der Waals surface area contributed by atoms with Gasteiger partial charge in [-0.2, -0.15) is 0 Å². The highest BCUT2D eigenvalue weighted by Crippen LogP contribution is 2.35. The number of carbonyl (C=O) groups excluding carboxylic acids is 1. The summed E-state index contributed by atoms with van der Waals surface area (Å²) in [6, 6.07) is 4.04. The molecule has 0 aromatic heterocycles. The van der Waals surface area contributed by atoms with E-state index in [2.05, 4.69) is 12.2 Å². The van der Waals surface area contributed by atoms with E-state index in [1.165, 1.54) is 0 Å². The topological polar surface area (TPSA) is 47.6 Å². The van der Waals surface area contributed by atoms with Crippen molar-refractivity contribution in [3.8, 4) is 11.5 Å². The number of nitrogens with one attached hydrogen (secondary N) is 1. The molecule has 1 aliphatic rings. The van der Waals surface area contributed by atoms with Crippen LogP contribution in [0.5, 0.6) is 11.5 Å². The van der Waals surface area contributed by atoms with Gasteiger partial charge in [0.15, 0.2) is 0 Å². The molecule has 1 fully saturated rings. The van der Waals surface area contributed by atoms with Gasteiger partial charge in [0.05, 0.1) is 14.2 Å². The summed E-state index contributed by atoms with van der Waals surface area (Å²) in [6.07, 6.45) is 1.40. The standard InChI is InChI=1S/C14H19NO3/c1-4-11-12(17-2)5-9(6-13(11)18-3)10-7-14(16)15-8-10/h5-6,10H,4,7-8H2,1-3H3,(H,15,16). The largest absolute Gasteiger partial charge is 0.496 e. The molecule has 1 saturated heterocycles. The third-order valence-electron chi connectivity index (χ3n) is 3.43. The highest BCUT2D eigenvalue weighted by molar-refractivity contribution is 5.79. The van der Waals surface area contributed by atoms with Gasteiger partial charge in [-0.1, -0.05) is 6.92 Å². The highest BCUT2D eigenvalue weighted by atomic mass is 16.5. The second-order valence-corrected chi connectivity index (χ2v) is 4.46. The van der Waals surface area contributed by atoms with Gasteiger partial charge in [-0.05, 0) is 24.1 Å². The Morgan fingerprint density at radius 3 is 2.28 bits per heavy atom. The van der Waals surface area contributed by atoms with Crippen LogP contribution >= 0.6 is 0 Å². The Hall–Kier alpha value is -1.71. The van der Waals surface area contributed by atoms with Gasteiger partial charge in [0, 0.05) is 24.4 Å². The van der Waals surface area contributed by atoms with Gasteiger partial charge in [0.1, 0.15) is 11.5 Å². The maximum absolute atomic E-state index is 11.3. The maximum Gasteiger partial charge on any atom is 0.220 e. The summed E-state index contributed by atoms with van der Waals surface area (Å²) in [4.78, 5) is 11.3. The van der Waals surface area contributed by atoms with Crippen molar-refractivity contribution in [3.05, 3.63) is 23.3 Å². The van der Waals surface area contributed by atoms with E-state index in [1.54, 1.807) is 14.2 Å². The van der Waals surface area contributed by atoms with E-state index in [-0.39, 0.29) is 11.8 Å².